The van der Waals surface area contributed by atoms with Crippen LogP contribution < -0.4 is 0 Å². The number of nitrogens with zero attached hydrogens (tertiary/aromatic N) is 4. The molecule has 1 aliphatic heterocycles. The van der Waals surface area contributed by atoms with Crippen molar-refractivity contribution >= 4 is 11.5 Å². The number of benzene rings is 1. The molecule has 0 saturated carbocycles. The number of non-ortho nitro benzene ring substituents is 1. The van der Waals surface area contributed by atoms with Crippen LogP contribution in [0.4, 0.5) is 5.69 Å². The average molecular weight is 244 g/mol. The van der Waals surface area contributed by atoms with Gasteiger partial charge in [0.1, 0.15) is 0 Å². The van der Waals surface area contributed by atoms with Crippen molar-refractivity contribution in [3.63, 3.8) is 0 Å². The van der Waals surface area contributed by atoms with E-state index in [0.29, 0.717) is 17.2 Å². The number of carbonyl (C=O) groups is 1. The first-order valence-corrected chi connectivity index (χ1v) is 5.29. The van der Waals surface area contributed by atoms with Gasteiger partial charge in [-0.25, -0.2) is 9.67 Å². The maximum absolute atomic E-state index is 11.1. The van der Waals surface area contributed by atoms with E-state index in [1.54, 1.807) is 16.8 Å². The van der Waals surface area contributed by atoms with Gasteiger partial charge >= 0.3 is 0 Å². The van der Waals surface area contributed by atoms with Gasteiger partial charge in [0.2, 0.25) is 0 Å². The van der Waals surface area contributed by atoms with Crippen LogP contribution in [-0.4, -0.2) is 25.5 Å². The van der Waals surface area contributed by atoms with E-state index in [9.17, 15) is 14.9 Å². The van der Waals surface area contributed by atoms with E-state index < -0.39 is 4.92 Å². The van der Waals surface area contributed by atoms with Crippen LogP contribution in [0.3, 0.4) is 0 Å². The first-order valence-electron chi connectivity index (χ1n) is 5.29. The number of fused-ring (bicyclic) bond motifs is 1. The zero-order chi connectivity index (χ0) is 12.9. The predicted octanol–water partition coefficient (Wildman–Crippen LogP) is 1.35. The smallest absolute Gasteiger partial charge is 0.269 e. The molecule has 0 spiro atoms. The SMILES string of the molecule is CC(=O)C1c2nc(-c3ccc([N+](=O)[O-])cc3)nn21. The van der Waals surface area contributed by atoms with Gasteiger partial charge in [0.15, 0.2) is 23.5 Å². The Bertz CT molecular complexity index is 638. The number of hydrogen-bond donors (Lipinski definition) is 0. The molecule has 1 unspecified atom stereocenters. The molecule has 18 heavy (non-hydrogen) atoms. The lowest BCUT2D eigenvalue weighted by atomic mass is 10.2. The molecule has 7 nitrogen and oxygen atoms in total. The van der Waals surface area contributed by atoms with Crippen molar-refractivity contribution in [3.05, 3.63) is 40.2 Å². The lowest BCUT2D eigenvalue weighted by Gasteiger charge is -1.96. The van der Waals surface area contributed by atoms with Gasteiger partial charge in [0.25, 0.3) is 5.69 Å². The molecule has 0 saturated heterocycles. The molecule has 0 radical (unpaired) electrons. The number of rotatable bonds is 3. The third-order valence-electron chi connectivity index (χ3n) is 2.80. The van der Waals surface area contributed by atoms with E-state index in [1.165, 1.54) is 19.1 Å². The Balaban J connectivity index is 1.87. The Morgan fingerprint density at radius 3 is 2.50 bits per heavy atom. The minimum Gasteiger partial charge on any atom is -0.297 e. The van der Waals surface area contributed by atoms with Crippen molar-refractivity contribution in [1.82, 2.24) is 14.8 Å². The van der Waals surface area contributed by atoms with Gasteiger partial charge in [-0.1, -0.05) is 0 Å². The lowest BCUT2D eigenvalue weighted by molar-refractivity contribution is -0.384. The molecule has 0 bridgehead atoms. The van der Waals surface area contributed by atoms with Gasteiger partial charge in [-0.2, -0.15) is 0 Å². The van der Waals surface area contributed by atoms with Crippen molar-refractivity contribution in [2.75, 3.05) is 0 Å². The monoisotopic (exact) mass is 244 g/mol. The summed E-state index contributed by atoms with van der Waals surface area (Å²) in [6, 6.07) is 5.69. The summed E-state index contributed by atoms with van der Waals surface area (Å²) in [5, 5.41) is 14.7. The fourth-order valence-corrected chi connectivity index (χ4v) is 1.84. The summed E-state index contributed by atoms with van der Waals surface area (Å²) in [6.07, 6.45) is 0. The number of aromatic nitrogens is 3. The van der Waals surface area contributed by atoms with E-state index in [4.69, 9.17) is 0 Å². The van der Waals surface area contributed by atoms with Crippen LogP contribution in [0.2, 0.25) is 0 Å². The summed E-state index contributed by atoms with van der Waals surface area (Å²) in [4.78, 5) is 25.4. The summed E-state index contributed by atoms with van der Waals surface area (Å²) in [5.74, 6) is 1.15. The maximum Gasteiger partial charge on any atom is 0.269 e. The van der Waals surface area contributed by atoms with E-state index >= 15 is 0 Å². The second-order valence-corrected chi connectivity index (χ2v) is 4.06. The normalized spacial score (nSPS) is 16.2. The highest BCUT2D eigenvalue weighted by atomic mass is 16.6. The molecule has 3 rings (SSSR count). The number of nitro groups is 1. The minimum atomic E-state index is -0.459. The predicted molar refractivity (Wildman–Crippen MR) is 60.9 cm³/mol. The Hall–Kier alpha value is -2.57. The van der Waals surface area contributed by atoms with Crippen LogP contribution in [-0.2, 0) is 4.79 Å². The van der Waals surface area contributed by atoms with Gasteiger partial charge in [-0.3, -0.25) is 14.9 Å². The van der Waals surface area contributed by atoms with E-state index in [0.717, 1.165) is 0 Å². The Morgan fingerprint density at radius 1 is 1.39 bits per heavy atom. The fourth-order valence-electron chi connectivity index (χ4n) is 1.84. The van der Waals surface area contributed by atoms with Crippen molar-refractivity contribution in [1.29, 1.82) is 0 Å². The van der Waals surface area contributed by atoms with Gasteiger partial charge in [-0.05, 0) is 19.1 Å². The van der Waals surface area contributed by atoms with Gasteiger partial charge in [0, 0.05) is 17.7 Å². The van der Waals surface area contributed by atoms with Crippen LogP contribution in [0.1, 0.15) is 18.8 Å². The number of nitro benzene ring substituents is 1. The van der Waals surface area contributed by atoms with Crippen LogP contribution in [0.25, 0.3) is 11.4 Å². The lowest BCUT2D eigenvalue weighted by Crippen LogP contribution is -1.99. The average Bonchev–Trinajstić information content (AvgIpc) is 2.86. The van der Waals surface area contributed by atoms with Crippen molar-refractivity contribution in [2.24, 2.45) is 0 Å². The Morgan fingerprint density at radius 2 is 2.06 bits per heavy atom. The molecular formula is C11H8N4O3. The molecule has 1 aliphatic rings. The second-order valence-electron chi connectivity index (χ2n) is 4.06. The molecule has 1 aromatic carbocycles. The third kappa shape index (κ3) is 1.48. The molecule has 2 aromatic rings. The number of ketones is 1. The number of carbonyl (C=O) groups excluding carboxylic acids is 1. The second kappa shape index (κ2) is 3.46. The fraction of sp³-hybridized carbons (Fsp3) is 0.182. The Labute approximate surface area is 101 Å². The Kier molecular flexibility index (Phi) is 2.03. The quantitative estimate of drug-likeness (QED) is 0.600. The summed E-state index contributed by atoms with van der Waals surface area (Å²) in [5.41, 5.74) is 0.722. The maximum atomic E-state index is 11.1. The third-order valence-corrected chi connectivity index (χ3v) is 2.80. The molecule has 90 valence electrons. The molecule has 2 heterocycles. The molecule has 0 N–H and O–H groups in total. The first kappa shape index (κ1) is 10.6. The number of Topliss-reactive ketones (excluding diaryl/α,β-unsaturated/α-hetero) is 1. The molecular weight excluding hydrogens is 236 g/mol. The van der Waals surface area contributed by atoms with E-state index in [2.05, 4.69) is 10.1 Å². The van der Waals surface area contributed by atoms with E-state index in [-0.39, 0.29) is 17.5 Å². The standard InChI is InChI=1S/C11H8N4O3/c1-6(16)9-11-12-10(13-14(9)11)7-2-4-8(5-3-7)15(17)18/h2-5,9H,1H3. The number of hydrogen-bond acceptors (Lipinski definition) is 5. The molecule has 0 fully saturated rings. The van der Waals surface area contributed by atoms with Crippen molar-refractivity contribution in [2.45, 2.75) is 13.0 Å². The molecule has 0 amide bonds. The summed E-state index contributed by atoms with van der Waals surface area (Å²) >= 11 is 0. The van der Waals surface area contributed by atoms with Crippen LogP contribution in [0, 0.1) is 10.1 Å². The van der Waals surface area contributed by atoms with Crippen molar-refractivity contribution < 1.29 is 9.72 Å². The summed E-state index contributed by atoms with van der Waals surface area (Å²) < 4.78 is 1.55. The van der Waals surface area contributed by atoms with Gasteiger partial charge < -0.3 is 0 Å². The molecule has 1 aromatic heterocycles. The van der Waals surface area contributed by atoms with Crippen LogP contribution in [0.15, 0.2) is 24.3 Å². The highest BCUT2D eigenvalue weighted by molar-refractivity contribution is 5.86. The van der Waals surface area contributed by atoms with Gasteiger partial charge in [-0.15, -0.1) is 5.10 Å². The molecule has 7 heteroatoms. The first-order chi connectivity index (χ1) is 8.58. The van der Waals surface area contributed by atoms with Crippen LogP contribution in [0.5, 0.6) is 0 Å². The summed E-state index contributed by atoms with van der Waals surface area (Å²) in [7, 11) is 0. The minimum absolute atomic E-state index is 0.0141. The molecule has 0 aliphatic carbocycles. The highest BCUT2D eigenvalue weighted by Gasteiger charge is 2.41. The van der Waals surface area contributed by atoms with E-state index in [1.807, 2.05) is 0 Å². The topological polar surface area (TPSA) is 90.9 Å². The summed E-state index contributed by atoms with van der Waals surface area (Å²) in [6.45, 7) is 1.49. The van der Waals surface area contributed by atoms with Crippen LogP contribution >= 0.6 is 0 Å². The molecule has 1 atom stereocenters. The highest BCUT2D eigenvalue weighted by Crippen LogP contribution is 2.34. The largest absolute Gasteiger partial charge is 0.297 e. The van der Waals surface area contributed by atoms with Gasteiger partial charge in [0.05, 0.1) is 4.92 Å². The zero-order valence-electron chi connectivity index (χ0n) is 9.40. The zero-order valence-corrected chi connectivity index (χ0v) is 9.40. The van der Waals surface area contributed by atoms with Crippen molar-refractivity contribution in [3.8, 4) is 11.4 Å².